The lowest BCUT2D eigenvalue weighted by atomic mass is 9.86. The Morgan fingerprint density at radius 2 is 1.00 bits per heavy atom. The van der Waals surface area contributed by atoms with Crippen LogP contribution in [0.2, 0.25) is 0 Å². The second kappa shape index (κ2) is 15.6. The van der Waals surface area contributed by atoms with Crippen molar-refractivity contribution in [3.8, 4) is 0 Å². The van der Waals surface area contributed by atoms with Gasteiger partial charge >= 0.3 is 11.9 Å². The lowest BCUT2D eigenvalue weighted by Crippen LogP contribution is -2.30. The Kier molecular flexibility index (Phi) is 15.1. The summed E-state index contributed by atoms with van der Waals surface area (Å²) in [5.74, 6) is -0.241. The van der Waals surface area contributed by atoms with Crippen LogP contribution < -0.4 is 0 Å². The van der Waals surface area contributed by atoms with E-state index in [1.165, 1.54) is 0 Å². The zero-order chi connectivity index (χ0) is 23.9. The Hall–Kier alpha value is -1.14. The summed E-state index contributed by atoms with van der Waals surface area (Å²) >= 11 is 0. The zero-order valence-corrected chi connectivity index (χ0v) is 21.4. The largest absolute Gasteiger partial charge is 0.466 e. The van der Waals surface area contributed by atoms with Crippen molar-refractivity contribution >= 4 is 11.9 Å². The van der Waals surface area contributed by atoms with Gasteiger partial charge in [-0.1, -0.05) is 32.1 Å². The van der Waals surface area contributed by atoms with Crippen LogP contribution in [0.3, 0.4) is 0 Å². The molecule has 6 heteroatoms. The molecule has 2 atom stereocenters. The maximum absolute atomic E-state index is 12.0. The van der Waals surface area contributed by atoms with Gasteiger partial charge in [0.05, 0.1) is 36.3 Å². The molecule has 0 aromatic rings. The number of rotatable bonds is 18. The lowest BCUT2D eigenvalue weighted by Gasteiger charge is -2.26. The van der Waals surface area contributed by atoms with E-state index in [0.717, 1.165) is 57.8 Å². The smallest absolute Gasteiger partial charge is 0.311 e. The van der Waals surface area contributed by atoms with Gasteiger partial charge in [0.25, 0.3) is 0 Å². The van der Waals surface area contributed by atoms with E-state index >= 15 is 0 Å². The summed E-state index contributed by atoms with van der Waals surface area (Å²) in [6.07, 6.45) is 8.58. The van der Waals surface area contributed by atoms with Crippen LogP contribution in [0.5, 0.6) is 0 Å². The van der Waals surface area contributed by atoms with Crippen LogP contribution in [0, 0.1) is 10.8 Å². The average molecular weight is 445 g/mol. The predicted molar refractivity (Wildman–Crippen MR) is 124 cm³/mol. The second-order valence-corrected chi connectivity index (χ2v) is 9.60. The van der Waals surface area contributed by atoms with Gasteiger partial charge in [0.1, 0.15) is 0 Å². The van der Waals surface area contributed by atoms with Crippen molar-refractivity contribution in [1.82, 2.24) is 0 Å². The van der Waals surface area contributed by atoms with Crippen molar-refractivity contribution in [2.24, 2.45) is 10.8 Å². The zero-order valence-electron chi connectivity index (χ0n) is 21.4. The quantitative estimate of drug-likeness (QED) is 0.199. The Morgan fingerprint density at radius 1 is 0.645 bits per heavy atom. The molecule has 0 amide bonds. The fraction of sp³-hybridized carbons (Fsp3) is 0.920. The summed E-state index contributed by atoms with van der Waals surface area (Å²) in [5, 5.41) is 0. The minimum atomic E-state index is -0.448. The molecule has 0 unspecified atom stereocenters. The molecule has 6 nitrogen and oxygen atoms in total. The molecule has 31 heavy (non-hydrogen) atoms. The fourth-order valence-corrected chi connectivity index (χ4v) is 3.77. The van der Waals surface area contributed by atoms with Crippen molar-refractivity contribution in [3.63, 3.8) is 0 Å². The predicted octanol–water partition coefficient (Wildman–Crippen LogP) is 5.71. The van der Waals surface area contributed by atoms with Crippen LogP contribution in [0.4, 0.5) is 0 Å². The molecule has 0 aliphatic heterocycles. The Bertz CT molecular complexity index is 500. The summed E-state index contributed by atoms with van der Waals surface area (Å²) in [7, 11) is 3.48. The van der Waals surface area contributed by atoms with E-state index in [2.05, 4.69) is 0 Å². The van der Waals surface area contributed by atoms with E-state index in [0.29, 0.717) is 13.2 Å². The average Bonchev–Trinajstić information content (AvgIpc) is 2.71. The van der Waals surface area contributed by atoms with Crippen molar-refractivity contribution < 1.29 is 28.5 Å². The first-order valence-corrected chi connectivity index (χ1v) is 12.0. The van der Waals surface area contributed by atoms with Crippen LogP contribution in [-0.4, -0.2) is 51.6 Å². The van der Waals surface area contributed by atoms with Gasteiger partial charge in [-0.15, -0.1) is 0 Å². The highest BCUT2D eigenvalue weighted by molar-refractivity contribution is 5.76. The first-order chi connectivity index (χ1) is 14.6. The minimum absolute atomic E-state index is 0.0479. The van der Waals surface area contributed by atoms with Crippen molar-refractivity contribution in [1.29, 1.82) is 0 Å². The van der Waals surface area contributed by atoms with Crippen LogP contribution in [0.25, 0.3) is 0 Å². The normalized spacial score (nSPS) is 14.2. The summed E-state index contributed by atoms with van der Waals surface area (Å²) in [5.41, 5.74) is -0.875. The molecule has 0 N–H and O–H groups in total. The summed E-state index contributed by atoms with van der Waals surface area (Å²) in [4.78, 5) is 24.0. The van der Waals surface area contributed by atoms with Crippen LogP contribution in [0.1, 0.15) is 99.3 Å². The highest BCUT2D eigenvalue weighted by Crippen LogP contribution is 2.28. The number of carbonyl (C=O) groups excluding carboxylic acids is 2. The Labute approximate surface area is 190 Å². The third-order valence-electron chi connectivity index (χ3n) is 6.01. The number of unbranched alkanes of at least 4 members (excludes halogenated alkanes) is 3. The number of methoxy groups -OCH3 is 2. The number of carbonyl (C=O) groups is 2. The molecule has 0 aliphatic rings. The minimum Gasteiger partial charge on any atom is -0.466 e. The molecular formula is C25H48O6. The lowest BCUT2D eigenvalue weighted by molar-refractivity contribution is -0.154. The number of hydrogen-bond acceptors (Lipinski definition) is 6. The standard InChI is InChI=1S/C25H48O6/c1-9-30-22(26)24(3,4)18-14-11-12-16-20(28-7)21(29-8)17-13-15-19-25(5,6)23(27)31-10-2/h20-21H,9-19H2,1-8H3/t20-,21-/m0/s1. The monoisotopic (exact) mass is 444 g/mol. The molecule has 0 spiro atoms. The molecule has 0 aromatic carbocycles. The van der Waals surface area contributed by atoms with E-state index in [-0.39, 0.29) is 24.1 Å². The summed E-state index contributed by atoms with van der Waals surface area (Å²) in [6.45, 7) is 12.3. The number of ether oxygens (including phenoxy) is 4. The molecule has 0 fully saturated rings. The maximum atomic E-state index is 12.0. The third kappa shape index (κ3) is 11.9. The highest BCUT2D eigenvalue weighted by Gasteiger charge is 2.30. The van der Waals surface area contributed by atoms with Crippen molar-refractivity contribution in [2.75, 3.05) is 27.4 Å². The van der Waals surface area contributed by atoms with Crippen LogP contribution in [-0.2, 0) is 28.5 Å². The molecular weight excluding hydrogens is 396 g/mol. The van der Waals surface area contributed by atoms with Gasteiger partial charge in [0.15, 0.2) is 0 Å². The first kappa shape index (κ1) is 29.9. The molecule has 0 rings (SSSR count). The molecule has 0 aliphatic carbocycles. The van der Waals surface area contributed by atoms with Gasteiger partial charge in [-0.3, -0.25) is 9.59 Å². The highest BCUT2D eigenvalue weighted by atomic mass is 16.5. The topological polar surface area (TPSA) is 71.1 Å². The van der Waals surface area contributed by atoms with Crippen molar-refractivity contribution in [3.05, 3.63) is 0 Å². The van der Waals surface area contributed by atoms with Crippen molar-refractivity contribution in [2.45, 2.75) is 112 Å². The molecule has 0 heterocycles. The van der Waals surface area contributed by atoms with Gasteiger partial charge in [0.2, 0.25) is 0 Å². The fourth-order valence-electron chi connectivity index (χ4n) is 3.77. The van der Waals surface area contributed by atoms with E-state index in [1.807, 2.05) is 41.5 Å². The van der Waals surface area contributed by atoms with Crippen LogP contribution >= 0.6 is 0 Å². The maximum Gasteiger partial charge on any atom is 0.311 e. The molecule has 0 saturated carbocycles. The van der Waals surface area contributed by atoms with Gasteiger partial charge in [-0.25, -0.2) is 0 Å². The first-order valence-electron chi connectivity index (χ1n) is 12.0. The number of esters is 2. The van der Waals surface area contributed by atoms with Crippen LogP contribution in [0.15, 0.2) is 0 Å². The van der Waals surface area contributed by atoms with Gasteiger partial charge in [-0.05, 0) is 67.2 Å². The van der Waals surface area contributed by atoms with Gasteiger partial charge in [-0.2, -0.15) is 0 Å². The molecule has 0 saturated heterocycles. The molecule has 184 valence electrons. The molecule has 0 aromatic heterocycles. The SMILES string of the molecule is CCOC(=O)C(C)(C)CCCCC[C@H](OC)[C@H](CCCCC(C)(C)C(=O)OCC)OC. The molecule has 0 radical (unpaired) electrons. The van der Waals surface area contributed by atoms with E-state index < -0.39 is 10.8 Å². The number of hydrogen-bond donors (Lipinski definition) is 0. The van der Waals surface area contributed by atoms with E-state index in [9.17, 15) is 9.59 Å². The van der Waals surface area contributed by atoms with Gasteiger partial charge in [0, 0.05) is 14.2 Å². The Morgan fingerprint density at radius 3 is 1.35 bits per heavy atom. The third-order valence-corrected chi connectivity index (χ3v) is 6.01. The van der Waals surface area contributed by atoms with E-state index in [1.54, 1.807) is 14.2 Å². The van der Waals surface area contributed by atoms with E-state index in [4.69, 9.17) is 18.9 Å². The Balaban J connectivity index is 4.29. The van der Waals surface area contributed by atoms with Gasteiger partial charge < -0.3 is 18.9 Å². The summed E-state index contributed by atoms with van der Waals surface area (Å²) < 4.78 is 21.7. The summed E-state index contributed by atoms with van der Waals surface area (Å²) in [6, 6.07) is 0. The molecule has 0 bridgehead atoms. The second-order valence-electron chi connectivity index (χ2n) is 9.60.